The maximum Gasteiger partial charge on any atom is 0.408 e. The smallest absolute Gasteiger partial charge is 0.408 e. The molecule has 5 heterocycles. The first kappa shape index (κ1) is 35.5. The molecule has 3 amide bonds. The summed E-state index contributed by atoms with van der Waals surface area (Å²) < 4.78 is 40.2. The highest BCUT2D eigenvalue weighted by atomic mass is 19.3. The average Bonchev–Trinajstić information content (AvgIpc) is 3.61. The van der Waals surface area contributed by atoms with Crippen molar-refractivity contribution in [1.82, 2.24) is 35.3 Å². The van der Waals surface area contributed by atoms with Gasteiger partial charge in [0.15, 0.2) is 11.4 Å². The van der Waals surface area contributed by atoms with Crippen LogP contribution in [0.5, 0.6) is 0 Å². The van der Waals surface area contributed by atoms with E-state index in [-0.39, 0.29) is 49.2 Å². The van der Waals surface area contributed by atoms with E-state index in [2.05, 4.69) is 36.3 Å². The third-order valence-corrected chi connectivity index (χ3v) is 9.34. The van der Waals surface area contributed by atoms with Gasteiger partial charge in [0.1, 0.15) is 24.2 Å². The molecule has 1 aromatic carbocycles. The summed E-state index contributed by atoms with van der Waals surface area (Å²) in [6.07, 6.45) is 2.91. The molecule has 0 bridgehead atoms. The lowest BCUT2D eigenvalue weighted by Crippen LogP contribution is -2.42. The van der Waals surface area contributed by atoms with Gasteiger partial charge in [-0.3, -0.25) is 14.5 Å². The van der Waals surface area contributed by atoms with E-state index >= 15 is 0 Å². The number of anilines is 2. The van der Waals surface area contributed by atoms with Crippen molar-refractivity contribution in [2.75, 3.05) is 30.3 Å². The number of alkyl halides is 2. The van der Waals surface area contributed by atoms with Crippen LogP contribution in [0.3, 0.4) is 0 Å². The molecule has 3 aromatic heterocycles. The van der Waals surface area contributed by atoms with Gasteiger partial charge in [-0.2, -0.15) is 5.10 Å². The fourth-order valence-electron chi connectivity index (χ4n) is 6.26. The number of carbonyl (C=O) groups excluding carboxylic acids is 3. The fraction of sp³-hybridized carbons (Fsp3) is 0.400. The van der Waals surface area contributed by atoms with Crippen molar-refractivity contribution in [2.24, 2.45) is 5.92 Å². The Balaban J connectivity index is 0.919. The second kappa shape index (κ2) is 15.4. The monoisotopic (exact) mass is 733 g/mol. The summed E-state index contributed by atoms with van der Waals surface area (Å²) in [5, 5.41) is 24.9. The third-order valence-electron chi connectivity index (χ3n) is 9.34. The van der Waals surface area contributed by atoms with Gasteiger partial charge >= 0.3 is 12.1 Å². The summed E-state index contributed by atoms with van der Waals surface area (Å²) in [7, 11) is 0. The molecule has 5 N–H and O–H groups in total. The Morgan fingerprint density at radius 3 is 2.68 bits per heavy atom. The van der Waals surface area contributed by atoms with Gasteiger partial charge in [-0.1, -0.05) is 12.1 Å². The first-order valence-electron chi connectivity index (χ1n) is 17.3. The summed E-state index contributed by atoms with van der Waals surface area (Å²) in [6, 6.07) is 8.66. The highest BCUT2D eigenvalue weighted by Crippen LogP contribution is 2.30. The maximum atomic E-state index is 14.0. The highest BCUT2D eigenvalue weighted by molar-refractivity contribution is 6.03. The van der Waals surface area contributed by atoms with E-state index in [1.807, 2.05) is 0 Å². The zero-order valence-electron chi connectivity index (χ0n) is 28.3. The molecule has 3 atom stereocenters. The first-order chi connectivity index (χ1) is 25.6. The lowest BCUT2D eigenvalue weighted by atomic mass is 10.1. The molecular formula is C35H37F2N9O7. The highest BCUT2D eigenvalue weighted by Gasteiger charge is 2.38. The number of nitrogens with zero attached hydrogens (tertiary/aromatic N) is 5. The number of pyridine rings is 1. The summed E-state index contributed by atoms with van der Waals surface area (Å²) in [4.78, 5) is 59.4. The number of halogens is 2. The van der Waals surface area contributed by atoms with Crippen LogP contribution in [-0.2, 0) is 20.9 Å². The van der Waals surface area contributed by atoms with Gasteiger partial charge < -0.3 is 35.5 Å². The van der Waals surface area contributed by atoms with E-state index in [0.717, 1.165) is 23.3 Å². The molecule has 3 aliphatic rings. The predicted octanol–water partition coefficient (Wildman–Crippen LogP) is 3.97. The number of carboxylic acid groups (broad SMARTS) is 1. The van der Waals surface area contributed by atoms with Crippen LogP contribution in [0.2, 0.25) is 0 Å². The van der Waals surface area contributed by atoms with Gasteiger partial charge in [-0.25, -0.2) is 33.0 Å². The Kier molecular flexibility index (Phi) is 10.3. The predicted molar refractivity (Wildman–Crippen MR) is 183 cm³/mol. The summed E-state index contributed by atoms with van der Waals surface area (Å²) in [6.45, 7) is 1.52. The summed E-state index contributed by atoms with van der Waals surface area (Å²) in [5.74, 6) is -0.196. The van der Waals surface area contributed by atoms with Crippen molar-refractivity contribution in [3.63, 3.8) is 0 Å². The van der Waals surface area contributed by atoms with Crippen LogP contribution in [0.15, 0.2) is 59.5 Å². The quantitative estimate of drug-likeness (QED) is 0.124. The van der Waals surface area contributed by atoms with Gasteiger partial charge in [0.05, 0.1) is 23.6 Å². The topological polar surface area (TPSA) is 206 Å². The average molecular weight is 734 g/mol. The molecule has 0 unspecified atom stereocenters. The number of hydrogen-bond donors (Lipinski definition) is 5. The Labute approximate surface area is 301 Å². The van der Waals surface area contributed by atoms with E-state index in [9.17, 15) is 33.1 Å². The van der Waals surface area contributed by atoms with Crippen LogP contribution >= 0.6 is 0 Å². The number of hydrogen-bond acceptors (Lipinski definition) is 11. The van der Waals surface area contributed by atoms with Crippen molar-refractivity contribution < 1.29 is 42.2 Å². The number of carbonyl (C=O) groups is 4. The Morgan fingerprint density at radius 1 is 1.11 bits per heavy atom. The largest absolute Gasteiger partial charge is 0.465 e. The SMILES string of the molecule is O=C(Nc1cn(-c2ccc(CNC(=O)[C@@H]3C[C@@H](OC(=O)[C@@H]4CCCN4C(=O)O)CN3)cc2)nc1C(F)F)c1coc(-c2ccnc(NCC3CC3)c2)n1. The van der Waals surface area contributed by atoms with E-state index in [0.29, 0.717) is 35.8 Å². The van der Waals surface area contributed by atoms with E-state index < -0.39 is 48.3 Å². The lowest BCUT2D eigenvalue weighted by Gasteiger charge is -2.21. The number of ether oxygens (including phenoxy) is 1. The maximum absolute atomic E-state index is 14.0. The Morgan fingerprint density at radius 2 is 1.92 bits per heavy atom. The molecule has 1 aliphatic carbocycles. The molecule has 0 spiro atoms. The molecule has 16 nitrogen and oxygen atoms in total. The fourth-order valence-corrected chi connectivity index (χ4v) is 6.26. The van der Waals surface area contributed by atoms with Crippen LogP contribution in [0, 0.1) is 5.92 Å². The third kappa shape index (κ3) is 8.43. The molecule has 2 aliphatic heterocycles. The first-order valence-corrected chi connectivity index (χ1v) is 17.3. The van der Waals surface area contributed by atoms with Gasteiger partial charge in [-0.15, -0.1) is 0 Å². The second-order valence-corrected chi connectivity index (χ2v) is 13.2. The van der Waals surface area contributed by atoms with E-state index in [1.165, 1.54) is 23.7 Å². The lowest BCUT2D eigenvalue weighted by molar-refractivity contribution is -0.153. The number of benzene rings is 1. The molecule has 53 heavy (non-hydrogen) atoms. The number of aromatic nitrogens is 4. The van der Waals surface area contributed by atoms with Crippen LogP contribution in [0.1, 0.15) is 60.3 Å². The normalized spacial score (nSPS) is 19.7. The minimum Gasteiger partial charge on any atom is -0.465 e. The zero-order chi connectivity index (χ0) is 37.1. The number of rotatable bonds is 13. The van der Waals surface area contributed by atoms with Gasteiger partial charge in [0.2, 0.25) is 11.8 Å². The molecule has 18 heteroatoms. The number of likely N-dealkylation sites (tertiary alicyclic amines) is 1. The van der Waals surface area contributed by atoms with Crippen molar-refractivity contribution in [3.05, 3.63) is 72.0 Å². The summed E-state index contributed by atoms with van der Waals surface area (Å²) in [5.41, 5.74) is 0.811. The van der Waals surface area contributed by atoms with Gasteiger partial charge in [-0.05, 0) is 61.4 Å². The Hall–Kier alpha value is -5.91. The van der Waals surface area contributed by atoms with E-state index in [1.54, 1.807) is 42.6 Å². The molecule has 4 aromatic rings. The van der Waals surface area contributed by atoms with Crippen molar-refractivity contribution in [2.45, 2.75) is 63.3 Å². The van der Waals surface area contributed by atoms with Gasteiger partial charge in [0.25, 0.3) is 12.3 Å². The Bertz CT molecular complexity index is 1980. The van der Waals surface area contributed by atoms with Crippen molar-refractivity contribution in [3.8, 4) is 17.1 Å². The number of nitrogens with one attached hydrogen (secondary N) is 4. The molecule has 7 rings (SSSR count). The molecule has 2 saturated heterocycles. The van der Waals surface area contributed by atoms with Gasteiger partial charge in [0, 0.05) is 44.4 Å². The number of esters is 1. The zero-order valence-corrected chi connectivity index (χ0v) is 28.3. The molecule has 278 valence electrons. The van der Waals surface area contributed by atoms with Crippen LogP contribution < -0.4 is 21.3 Å². The standard InChI is InChI=1S/C35H37F2N9O7/c36-30(37)29-25(42-32(48)26-18-52-33(43-26)21-9-10-38-28(12-21)40-14-19-3-4-19)17-46(44-29)22-7-5-20(6-8-22)15-41-31(47)24-13-23(16-39-24)53-34(49)27-2-1-11-45(27)35(50)51/h5-10,12,17-19,23-24,27,30,39H,1-4,11,13-16H2,(H,38,40)(H,41,47)(H,42,48)(H,50,51)/t23-,24+,27+/m1/s1. The molecule has 3 fully saturated rings. The van der Waals surface area contributed by atoms with Crippen LogP contribution in [0.4, 0.5) is 25.1 Å². The molecule has 0 radical (unpaired) electrons. The van der Waals surface area contributed by atoms with Crippen molar-refractivity contribution >= 4 is 35.4 Å². The number of oxazole rings is 1. The van der Waals surface area contributed by atoms with Crippen LogP contribution in [0.25, 0.3) is 17.1 Å². The molecule has 1 saturated carbocycles. The van der Waals surface area contributed by atoms with Crippen LogP contribution in [-0.4, -0.2) is 91.5 Å². The second-order valence-electron chi connectivity index (χ2n) is 13.2. The minimum atomic E-state index is -2.98. The van der Waals surface area contributed by atoms with E-state index in [4.69, 9.17) is 9.15 Å². The summed E-state index contributed by atoms with van der Waals surface area (Å²) >= 11 is 0. The minimum absolute atomic E-state index is 0.107. The van der Waals surface area contributed by atoms with Crippen molar-refractivity contribution in [1.29, 1.82) is 0 Å². The molecular weight excluding hydrogens is 696 g/mol. The number of amides is 3.